The van der Waals surface area contributed by atoms with Crippen LogP contribution in [0.2, 0.25) is 0 Å². The Bertz CT molecular complexity index is 197. The Balaban J connectivity index is 1.75. The molecule has 2 atom stereocenters. The van der Waals surface area contributed by atoms with Crippen LogP contribution in [0.15, 0.2) is 0 Å². The van der Waals surface area contributed by atoms with Gasteiger partial charge in [0.25, 0.3) is 0 Å². The van der Waals surface area contributed by atoms with E-state index in [1.54, 1.807) is 0 Å². The van der Waals surface area contributed by atoms with Crippen molar-refractivity contribution in [1.29, 1.82) is 0 Å². The van der Waals surface area contributed by atoms with Crippen molar-refractivity contribution in [2.45, 2.75) is 57.9 Å². The topological polar surface area (TPSA) is 29.3 Å². The molecule has 1 saturated carbocycles. The van der Waals surface area contributed by atoms with E-state index in [1.807, 2.05) is 0 Å². The molecule has 0 aromatic carbocycles. The molecule has 2 heteroatoms. The summed E-state index contributed by atoms with van der Waals surface area (Å²) in [4.78, 5) is 2.69. The van der Waals surface area contributed by atoms with Crippen LogP contribution in [0.4, 0.5) is 0 Å². The monoisotopic (exact) mass is 224 g/mol. The minimum Gasteiger partial charge on any atom is -0.328 e. The van der Waals surface area contributed by atoms with Crippen molar-refractivity contribution in [2.75, 3.05) is 19.6 Å². The van der Waals surface area contributed by atoms with E-state index in [4.69, 9.17) is 5.73 Å². The van der Waals surface area contributed by atoms with E-state index in [1.165, 1.54) is 64.6 Å². The normalized spacial score (nSPS) is 31.5. The summed E-state index contributed by atoms with van der Waals surface area (Å²) in [6, 6.07) is 0.383. The third-order valence-corrected chi connectivity index (χ3v) is 4.53. The Morgan fingerprint density at radius 2 is 1.88 bits per heavy atom. The standard InChI is InChI=1S/C14H28N2/c1-12(15)14-8-5-9-16(11-14)10-13-6-3-2-4-7-13/h12-14H,2-11,15H2,1H3. The van der Waals surface area contributed by atoms with Gasteiger partial charge in [-0.15, -0.1) is 0 Å². The molecule has 2 aliphatic rings. The van der Waals surface area contributed by atoms with E-state index in [0.29, 0.717) is 6.04 Å². The predicted molar refractivity (Wildman–Crippen MR) is 69.4 cm³/mol. The summed E-state index contributed by atoms with van der Waals surface area (Å²) in [6.45, 7) is 6.10. The number of hydrogen-bond donors (Lipinski definition) is 1. The van der Waals surface area contributed by atoms with Crippen LogP contribution >= 0.6 is 0 Å². The third-order valence-electron chi connectivity index (χ3n) is 4.53. The number of piperidine rings is 1. The van der Waals surface area contributed by atoms with Crippen LogP contribution in [0.3, 0.4) is 0 Å². The van der Waals surface area contributed by atoms with Gasteiger partial charge in [0.05, 0.1) is 0 Å². The summed E-state index contributed by atoms with van der Waals surface area (Å²) in [5, 5.41) is 0. The fourth-order valence-corrected chi connectivity index (χ4v) is 3.42. The molecule has 2 N–H and O–H groups in total. The predicted octanol–water partition coefficient (Wildman–Crippen LogP) is 2.63. The molecule has 16 heavy (non-hydrogen) atoms. The molecule has 1 heterocycles. The van der Waals surface area contributed by atoms with Crippen LogP contribution in [0.25, 0.3) is 0 Å². The van der Waals surface area contributed by atoms with E-state index < -0.39 is 0 Å². The van der Waals surface area contributed by atoms with Crippen LogP contribution < -0.4 is 5.73 Å². The first-order chi connectivity index (χ1) is 7.75. The highest BCUT2D eigenvalue weighted by Crippen LogP contribution is 2.26. The van der Waals surface area contributed by atoms with Gasteiger partial charge in [0, 0.05) is 19.1 Å². The molecule has 94 valence electrons. The summed E-state index contributed by atoms with van der Waals surface area (Å²) in [6.07, 6.45) is 10.1. The maximum Gasteiger partial charge on any atom is 0.00509 e. The largest absolute Gasteiger partial charge is 0.328 e. The van der Waals surface area contributed by atoms with Gasteiger partial charge in [-0.1, -0.05) is 19.3 Å². The van der Waals surface area contributed by atoms with Gasteiger partial charge in [0.1, 0.15) is 0 Å². The second-order valence-electron chi connectivity index (χ2n) is 6.03. The quantitative estimate of drug-likeness (QED) is 0.798. The van der Waals surface area contributed by atoms with Gasteiger partial charge < -0.3 is 10.6 Å². The molecular weight excluding hydrogens is 196 g/mol. The fraction of sp³-hybridized carbons (Fsp3) is 1.00. The molecule has 1 saturated heterocycles. The van der Waals surface area contributed by atoms with Crippen molar-refractivity contribution in [3.05, 3.63) is 0 Å². The number of nitrogens with zero attached hydrogens (tertiary/aromatic N) is 1. The number of nitrogens with two attached hydrogens (primary N) is 1. The van der Waals surface area contributed by atoms with Crippen molar-refractivity contribution in [3.8, 4) is 0 Å². The second kappa shape index (κ2) is 6.02. The van der Waals surface area contributed by atoms with Crippen molar-refractivity contribution in [2.24, 2.45) is 17.6 Å². The Labute approximate surface area is 101 Å². The van der Waals surface area contributed by atoms with E-state index in [0.717, 1.165) is 11.8 Å². The highest BCUT2D eigenvalue weighted by Gasteiger charge is 2.24. The first-order valence-corrected chi connectivity index (χ1v) is 7.23. The molecule has 2 unspecified atom stereocenters. The van der Waals surface area contributed by atoms with E-state index in [9.17, 15) is 0 Å². The lowest BCUT2D eigenvalue weighted by Crippen LogP contribution is -2.44. The van der Waals surface area contributed by atoms with Gasteiger partial charge in [0.15, 0.2) is 0 Å². The molecule has 0 spiro atoms. The summed E-state index contributed by atoms with van der Waals surface area (Å²) in [5.74, 6) is 1.73. The van der Waals surface area contributed by atoms with Crippen LogP contribution in [0.1, 0.15) is 51.9 Å². The Kier molecular flexibility index (Phi) is 4.66. The SMILES string of the molecule is CC(N)C1CCCN(CC2CCCCC2)C1. The molecule has 0 bridgehead atoms. The van der Waals surface area contributed by atoms with Gasteiger partial charge in [-0.05, 0) is 51.0 Å². The van der Waals surface area contributed by atoms with Crippen LogP contribution in [-0.4, -0.2) is 30.6 Å². The average Bonchev–Trinajstić information content (AvgIpc) is 2.30. The maximum absolute atomic E-state index is 6.04. The van der Waals surface area contributed by atoms with Crippen LogP contribution in [-0.2, 0) is 0 Å². The van der Waals surface area contributed by atoms with E-state index in [-0.39, 0.29) is 0 Å². The molecule has 2 fully saturated rings. The first-order valence-electron chi connectivity index (χ1n) is 7.23. The van der Waals surface area contributed by atoms with Crippen LogP contribution in [0, 0.1) is 11.8 Å². The maximum atomic E-state index is 6.04. The molecule has 0 aromatic heterocycles. The number of rotatable bonds is 3. The van der Waals surface area contributed by atoms with Gasteiger partial charge in [-0.3, -0.25) is 0 Å². The van der Waals surface area contributed by atoms with Crippen molar-refractivity contribution < 1.29 is 0 Å². The van der Waals surface area contributed by atoms with Gasteiger partial charge in [0.2, 0.25) is 0 Å². The molecule has 1 aliphatic carbocycles. The third kappa shape index (κ3) is 3.46. The lowest BCUT2D eigenvalue weighted by atomic mass is 9.87. The zero-order valence-corrected chi connectivity index (χ0v) is 10.8. The smallest absolute Gasteiger partial charge is 0.00509 e. The van der Waals surface area contributed by atoms with Crippen molar-refractivity contribution >= 4 is 0 Å². The zero-order chi connectivity index (χ0) is 11.4. The van der Waals surface area contributed by atoms with Gasteiger partial charge in [-0.25, -0.2) is 0 Å². The second-order valence-corrected chi connectivity index (χ2v) is 6.03. The summed E-state index contributed by atoms with van der Waals surface area (Å²) in [5.41, 5.74) is 6.04. The minimum absolute atomic E-state index is 0.383. The van der Waals surface area contributed by atoms with Gasteiger partial charge in [-0.2, -0.15) is 0 Å². The summed E-state index contributed by atoms with van der Waals surface area (Å²) < 4.78 is 0. The molecule has 0 aromatic rings. The van der Waals surface area contributed by atoms with Gasteiger partial charge >= 0.3 is 0 Å². The Morgan fingerprint density at radius 1 is 1.12 bits per heavy atom. The van der Waals surface area contributed by atoms with E-state index >= 15 is 0 Å². The molecule has 0 radical (unpaired) electrons. The Morgan fingerprint density at radius 3 is 2.56 bits per heavy atom. The molecule has 2 nitrogen and oxygen atoms in total. The molecular formula is C14H28N2. The van der Waals surface area contributed by atoms with Crippen LogP contribution in [0.5, 0.6) is 0 Å². The lowest BCUT2D eigenvalue weighted by molar-refractivity contribution is 0.128. The Hall–Kier alpha value is -0.0800. The number of likely N-dealkylation sites (tertiary alicyclic amines) is 1. The van der Waals surface area contributed by atoms with Crippen molar-refractivity contribution in [1.82, 2.24) is 4.90 Å². The average molecular weight is 224 g/mol. The number of hydrogen-bond acceptors (Lipinski definition) is 2. The fourth-order valence-electron chi connectivity index (χ4n) is 3.42. The zero-order valence-electron chi connectivity index (χ0n) is 10.8. The minimum atomic E-state index is 0.383. The van der Waals surface area contributed by atoms with Crippen molar-refractivity contribution in [3.63, 3.8) is 0 Å². The van der Waals surface area contributed by atoms with E-state index in [2.05, 4.69) is 11.8 Å². The summed E-state index contributed by atoms with van der Waals surface area (Å²) >= 11 is 0. The molecule has 2 rings (SSSR count). The summed E-state index contributed by atoms with van der Waals surface area (Å²) in [7, 11) is 0. The highest BCUT2D eigenvalue weighted by molar-refractivity contribution is 4.80. The first kappa shape index (κ1) is 12.4. The lowest BCUT2D eigenvalue weighted by Gasteiger charge is -2.37. The molecule has 0 amide bonds. The molecule has 1 aliphatic heterocycles. The highest BCUT2D eigenvalue weighted by atomic mass is 15.1.